The van der Waals surface area contributed by atoms with Crippen LogP contribution < -0.4 is 5.32 Å². The molecular weight excluding hydrogens is 549 g/mol. The molecule has 4 aromatic heterocycles. The van der Waals surface area contributed by atoms with E-state index in [1.54, 1.807) is 17.7 Å². The molecule has 0 atom stereocenters. The van der Waals surface area contributed by atoms with E-state index in [-0.39, 0.29) is 17.7 Å². The molecule has 0 spiro atoms. The van der Waals surface area contributed by atoms with Crippen molar-refractivity contribution in [1.82, 2.24) is 29.9 Å². The number of fused-ring (bicyclic) bond motifs is 7. The van der Waals surface area contributed by atoms with Crippen molar-refractivity contribution in [3.63, 3.8) is 0 Å². The highest BCUT2D eigenvalue weighted by atomic mass is 32.2. The van der Waals surface area contributed by atoms with Crippen molar-refractivity contribution in [2.75, 3.05) is 5.75 Å². The van der Waals surface area contributed by atoms with Crippen molar-refractivity contribution < 1.29 is 4.79 Å². The molecule has 1 aliphatic rings. The highest BCUT2D eigenvalue weighted by molar-refractivity contribution is 7.99. The molecule has 7 nitrogen and oxygen atoms in total. The fourth-order valence-corrected chi connectivity index (χ4v) is 7.72. The van der Waals surface area contributed by atoms with Crippen LogP contribution in [0.15, 0.2) is 72.1 Å². The molecule has 0 bridgehead atoms. The van der Waals surface area contributed by atoms with Crippen LogP contribution in [0.25, 0.3) is 26.1 Å². The molecule has 1 N–H and O–H groups in total. The molecule has 206 valence electrons. The third-order valence-electron chi connectivity index (χ3n) is 7.64. The lowest BCUT2D eigenvalue weighted by molar-refractivity contribution is -0.119. The summed E-state index contributed by atoms with van der Waals surface area (Å²) in [5.41, 5.74) is 7.91. The molecule has 1 aliphatic carbocycles. The molecule has 6 aromatic rings. The van der Waals surface area contributed by atoms with Gasteiger partial charge in [-0.05, 0) is 53.9 Å². The Kier molecular flexibility index (Phi) is 6.92. The standard InChI is InChI=1S/C32H30N6OS2/c1-19(2)16-24-22-14-9-15-23(22)26-28-29(41-31(26)34-24)30-36-37-32(38(30)18-33-28)40-17-25(39)35-27(20-10-5-3-6-11-20)21-12-7-4-8-13-21/h3-8,10-13,18-19,27H,9,14-17H2,1-2H3,(H,35,39). The van der Waals surface area contributed by atoms with Crippen molar-refractivity contribution in [3.8, 4) is 0 Å². The van der Waals surface area contributed by atoms with E-state index in [1.807, 2.05) is 65.1 Å². The molecule has 0 fully saturated rings. The Hall–Kier alpha value is -3.82. The first kappa shape index (κ1) is 26.1. The number of hydrogen-bond acceptors (Lipinski definition) is 7. The zero-order valence-electron chi connectivity index (χ0n) is 23.0. The quantitative estimate of drug-likeness (QED) is 0.206. The van der Waals surface area contributed by atoms with Gasteiger partial charge in [-0.15, -0.1) is 21.5 Å². The van der Waals surface area contributed by atoms with Crippen molar-refractivity contribution in [2.45, 2.75) is 50.7 Å². The number of aryl methyl sites for hydroxylation is 1. The van der Waals surface area contributed by atoms with Crippen LogP contribution in [0, 0.1) is 5.92 Å². The number of hydrogen-bond donors (Lipinski definition) is 1. The molecule has 0 unspecified atom stereocenters. The van der Waals surface area contributed by atoms with Gasteiger partial charge in [-0.25, -0.2) is 9.97 Å². The first-order chi connectivity index (χ1) is 20.1. The SMILES string of the molecule is CC(C)Cc1nc2sc3c(ncn4c(SCC(=O)NC(c5ccccc5)c5ccccc5)nnc34)c2c2c1CCC2. The minimum atomic E-state index is -0.227. The topological polar surface area (TPSA) is 85.1 Å². The fraction of sp³-hybridized carbons (Fsp3) is 0.281. The summed E-state index contributed by atoms with van der Waals surface area (Å²) < 4.78 is 2.90. The summed E-state index contributed by atoms with van der Waals surface area (Å²) in [6, 6.07) is 19.8. The van der Waals surface area contributed by atoms with E-state index in [2.05, 4.69) is 29.4 Å². The van der Waals surface area contributed by atoms with Crippen LogP contribution in [-0.4, -0.2) is 36.2 Å². The second kappa shape index (κ2) is 10.9. The van der Waals surface area contributed by atoms with Gasteiger partial charge in [0.2, 0.25) is 5.91 Å². The molecule has 7 rings (SSSR count). The molecule has 0 radical (unpaired) electrons. The highest BCUT2D eigenvalue weighted by Crippen LogP contribution is 2.41. The summed E-state index contributed by atoms with van der Waals surface area (Å²) in [6.45, 7) is 4.50. The zero-order chi connectivity index (χ0) is 27.9. The van der Waals surface area contributed by atoms with Gasteiger partial charge in [0.1, 0.15) is 15.9 Å². The Balaban J connectivity index is 1.17. The maximum atomic E-state index is 13.2. The molecule has 0 aliphatic heterocycles. The molecule has 0 saturated heterocycles. The average Bonchev–Trinajstić information content (AvgIpc) is 3.72. The summed E-state index contributed by atoms with van der Waals surface area (Å²) in [5, 5.41) is 14.1. The minimum Gasteiger partial charge on any atom is -0.344 e. The maximum Gasteiger partial charge on any atom is 0.231 e. The van der Waals surface area contributed by atoms with Gasteiger partial charge >= 0.3 is 0 Å². The number of thioether (sulfide) groups is 1. The van der Waals surface area contributed by atoms with Gasteiger partial charge in [0.05, 0.1) is 17.3 Å². The van der Waals surface area contributed by atoms with Crippen molar-refractivity contribution in [2.24, 2.45) is 5.92 Å². The van der Waals surface area contributed by atoms with E-state index in [9.17, 15) is 4.79 Å². The normalized spacial score (nSPS) is 13.2. The monoisotopic (exact) mass is 578 g/mol. The molecule has 2 aromatic carbocycles. The molecule has 0 saturated carbocycles. The van der Waals surface area contributed by atoms with Crippen molar-refractivity contribution >= 4 is 55.1 Å². The third kappa shape index (κ3) is 4.87. The van der Waals surface area contributed by atoms with E-state index < -0.39 is 0 Å². The van der Waals surface area contributed by atoms with Crippen molar-refractivity contribution in [1.29, 1.82) is 0 Å². The first-order valence-corrected chi connectivity index (χ1v) is 15.9. The second-order valence-corrected chi connectivity index (χ2v) is 12.9. The number of pyridine rings is 1. The van der Waals surface area contributed by atoms with Gasteiger partial charge in [-0.3, -0.25) is 9.20 Å². The number of thiophene rings is 1. The smallest absolute Gasteiger partial charge is 0.231 e. The molecular formula is C32H30N6OS2. The number of carbonyl (C=O) groups excluding carboxylic acids is 1. The van der Waals surface area contributed by atoms with Crippen LogP contribution in [0.5, 0.6) is 0 Å². The van der Waals surface area contributed by atoms with Crippen LogP contribution in [0.1, 0.15) is 54.3 Å². The Bertz CT molecular complexity index is 1840. The van der Waals surface area contributed by atoms with Crippen LogP contribution >= 0.6 is 23.1 Å². The second-order valence-electron chi connectivity index (χ2n) is 11.0. The summed E-state index contributed by atoms with van der Waals surface area (Å²) in [7, 11) is 0. The van der Waals surface area contributed by atoms with Crippen molar-refractivity contribution in [3.05, 3.63) is 94.9 Å². The number of nitrogens with zero attached hydrogens (tertiary/aromatic N) is 5. The van der Waals surface area contributed by atoms with Gasteiger partial charge in [-0.1, -0.05) is 86.3 Å². The lowest BCUT2D eigenvalue weighted by Gasteiger charge is -2.19. The van der Waals surface area contributed by atoms with Crippen LogP contribution in [0.2, 0.25) is 0 Å². The van der Waals surface area contributed by atoms with E-state index >= 15 is 0 Å². The minimum absolute atomic E-state index is 0.0715. The summed E-state index contributed by atoms with van der Waals surface area (Å²) in [6.07, 6.45) is 6.14. The first-order valence-electron chi connectivity index (χ1n) is 14.1. The van der Waals surface area contributed by atoms with E-state index in [0.717, 1.165) is 51.1 Å². The summed E-state index contributed by atoms with van der Waals surface area (Å²) in [5.74, 6) is 0.709. The number of rotatable bonds is 8. The maximum absolute atomic E-state index is 13.2. The molecule has 1 amide bonds. The van der Waals surface area contributed by atoms with Gasteiger partial charge in [0.25, 0.3) is 0 Å². The predicted octanol–water partition coefficient (Wildman–Crippen LogP) is 6.57. The van der Waals surface area contributed by atoms with Gasteiger partial charge in [-0.2, -0.15) is 0 Å². The number of carbonyl (C=O) groups is 1. The number of benzene rings is 2. The summed E-state index contributed by atoms with van der Waals surface area (Å²) >= 11 is 3.02. The lowest BCUT2D eigenvalue weighted by atomic mass is 9.99. The van der Waals surface area contributed by atoms with Gasteiger partial charge < -0.3 is 5.32 Å². The number of nitrogens with one attached hydrogen (secondary N) is 1. The molecule has 41 heavy (non-hydrogen) atoms. The molecule has 4 heterocycles. The lowest BCUT2D eigenvalue weighted by Crippen LogP contribution is -2.30. The van der Waals surface area contributed by atoms with Gasteiger partial charge in [0, 0.05) is 11.1 Å². The largest absolute Gasteiger partial charge is 0.344 e. The van der Waals surface area contributed by atoms with Crippen LogP contribution in [0.3, 0.4) is 0 Å². The average molecular weight is 579 g/mol. The highest BCUT2D eigenvalue weighted by Gasteiger charge is 2.25. The Labute approximate surface area is 246 Å². The molecule has 9 heteroatoms. The Morgan fingerprint density at radius 1 is 1.00 bits per heavy atom. The van der Waals surface area contributed by atoms with E-state index in [1.165, 1.54) is 40.4 Å². The Morgan fingerprint density at radius 2 is 1.71 bits per heavy atom. The number of aromatic nitrogens is 5. The van der Waals surface area contributed by atoms with E-state index in [0.29, 0.717) is 11.1 Å². The van der Waals surface area contributed by atoms with Gasteiger partial charge in [0.15, 0.2) is 10.8 Å². The van der Waals surface area contributed by atoms with Crippen LogP contribution in [-0.2, 0) is 24.1 Å². The zero-order valence-corrected chi connectivity index (χ0v) is 24.6. The number of amides is 1. The third-order valence-corrected chi connectivity index (χ3v) is 9.66. The van der Waals surface area contributed by atoms with Crippen LogP contribution in [0.4, 0.5) is 0 Å². The summed E-state index contributed by atoms with van der Waals surface area (Å²) in [4.78, 5) is 24.2. The predicted molar refractivity (Wildman–Crippen MR) is 166 cm³/mol. The van der Waals surface area contributed by atoms with E-state index in [4.69, 9.17) is 9.97 Å². The fourth-order valence-electron chi connectivity index (χ4n) is 5.85. The Morgan fingerprint density at radius 3 is 2.41 bits per heavy atom.